The zero-order valence-electron chi connectivity index (χ0n) is 10.7. The van der Waals surface area contributed by atoms with Crippen molar-refractivity contribution in [1.29, 1.82) is 0 Å². The average Bonchev–Trinajstić information content (AvgIpc) is 2.48. The molecule has 0 aliphatic rings. The van der Waals surface area contributed by atoms with Gasteiger partial charge in [-0.05, 0) is 18.4 Å². The van der Waals surface area contributed by atoms with Crippen LogP contribution in [0.15, 0.2) is 29.7 Å². The van der Waals surface area contributed by atoms with Gasteiger partial charge in [-0.1, -0.05) is 23.4 Å². The molecule has 2 heterocycles. The Bertz CT molecular complexity index is 693. The van der Waals surface area contributed by atoms with E-state index in [4.69, 9.17) is 16.7 Å². The molecular formula is C12H9ClN4O3S. The third-order valence-corrected chi connectivity index (χ3v) is 3.20. The minimum absolute atomic E-state index is 0.0401. The van der Waals surface area contributed by atoms with Crippen molar-refractivity contribution in [1.82, 2.24) is 15.0 Å². The number of aromatic nitrogens is 3. The fourth-order valence-corrected chi connectivity index (χ4v) is 1.91. The third-order valence-electron chi connectivity index (χ3n) is 2.36. The minimum atomic E-state index is -1.14. The number of hydrogen-bond donors (Lipinski definition) is 2. The number of carboxylic acid groups (broad SMARTS) is 1. The zero-order valence-corrected chi connectivity index (χ0v) is 12.3. The first kappa shape index (κ1) is 15.2. The Hall–Kier alpha value is -2.19. The Morgan fingerprint density at radius 1 is 1.29 bits per heavy atom. The first-order valence-corrected chi connectivity index (χ1v) is 7.18. The Morgan fingerprint density at radius 2 is 2.05 bits per heavy atom. The van der Waals surface area contributed by atoms with Crippen molar-refractivity contribution in [3.63, 3.8) is 0 Å². The van der Waals surface area contributed by atoms with Crippen molar-refractivity contribution in [2.75, 3.05) is 11.6 Å². The molecule has 2 rings (SSSR count). The predicted octanol–water partition coefficient (Wildman–Crippen LogP) is 2.20. The van der Waals surface area contributed by atoms with E-state index < -0.39 is 11.9 Å². The van der Waals surface area contributed by atoms with Crippen molar-refractivity contribution >= 4 is 40.9 Å². The fraction of sp³-hybridized carbons (Fsp3) is 0.0833. The normalized spacial score (nSPS) is 10.2. The first-order chi connectivity index (χ1) is 10.0. The summed E-state index contributed by atoms with van der Waals surface area (Å²) >= 11 is 7.17. The second-order valence-corrected chi connectivity index (χ2v) is 4.93. The number of thioether (sulfide) groups is 1. The summed E-state index contributed by atoms with van der Waals surface area (Å²) in [5.41, 5.74) is 0.265. The number of aromatic carboxylic acids is 1. The molecule has 0 aliphatic heterocycles. The van der Waals surface area contributed by atoms with Gasteiger partial charge in [0.25, 0.3) is 5.91 Å². The molecule has 2 aromatic rings. The van der Waals surface area contributed by atoms with Gasteiger partial charge in [0.05, 0.1) is 23.1 Å². The molecule has 0 bridgehead atoms. The SMILES string of the molecule is CSc1ncc(Cl)c(C(=O)Nc2ccc(C(=O)O)nc2)n1. The number of anilines is 1. The molecule has 0 saturated carbocycles. The first-order valence-electron chi connectivity index (χ1n) is 5.58. The van der Waals surface area contributed by atoms with E-state index in [1.807, 2.05) is 0 Å². The number of halogens is 1. The van der Waals surface area contributed by atoms with Crippen LogP contribution in [-0.4, -0.2) is 38.2 Å². The summed E-state index contributed by atoms with van der Waals surface area (Å²) in [5.74, 6) is -1.67. The molecule has 0 atom stereocenters. The number of nitrogens with one attached hydrogen (secondary N) is 1. The number of amides is 1. The van der Waals surface area contributed by atoms with Crippen molar-refractivity contribution in [3.8, 4) is 0 Å². The summed E-state index contributed by atoms with van der Waals surface area (Å²) in [4.78, 5) is 34.4. The van der Waals surface area contributed by atoms with Gasteiger partial charge < -0.3 is 10.4 Å². The maximum absolute atomic E-state index is 12.1. The van der Waals surface area contributed by atoms with E-state index in [1.165, 1.54) is 36.3 Å². The van der Waals surface area contributed by atoms with Crippen LogP contribution >= 0.6 is 23.4 Å². The Balaban J connectivity index is 2.19. The van der Waals surface area contributed by atoms with Crippen LogP contribution in [0, 0.1) is 0 Å². The van der Waals surface area contributed by atoms with Crippen LogP contribution < -0.4 is 5.32 Å². The van der Waals surface area contributed by atoms with Crippen molar-refractivity contribution in [3.05, 3.63) is 40.9 Å². The highest BCUT2D eigenvalue weighted by Gasteiger charge is 2.14. The lowest BCUT2D eigenvalue weighted by Crippen LogP contribution is -2.15. The van der Waals surface area contributed by atoms with Gasteiger partial charge >= 0.3 is 5.97 Å². The van der Waals surface area contributed by atoms with Gasteiger partial charge in [0, 0.05) is 0 Å². The second kappa shape index (κ2) is 6.51. The average molecular weight is 325 g/mol. The molecule has 0 aliphatic carbocycles. The number of hydrogen-bond acceptors (Lipinski definition) is 6. The van der Waals surface area contributed by atoms with E-state index >= 15 is 0 Å². The van der Waals surface area contributed by atoms with Crippen molar-refractivity contribution in [2.24, 2.45) is 0 Å². The quantitative estimate of drug-likeness (QED) is 0.656. The lowest BCUT2D eigenvalue weighted by Gasteiger charge is -2.06. The van der Waals surface area contributed by atoms with Crippen LogP contribution in [0.1, 0.15) is 21.0 Å². The molecule has 0 spiro atoms. The highest BCUT2D eigenvalue weighted by Crippen LogP contribution is 2.18. The summed E-state index contributed by atoms with van der Waals surface area (Å²) < 4.78 is 0. The van der Waals surface area contributed by atoms with Crippen LogP contribution in [0.25, 0.3) is 0 Å². The van der Waals surface area contributed by atoms with E-state index in [1.54, 1.807) is 6.26 Å². The Kier molecular flexibility index (Phi) is 4.71. The maximum atomic E-state index is 12.1. The number of nitrogens with zero attached hydrogens (tertiary/aromatic N) is 3. The summed E-state index contributed by atoms with van der Waals surface area (Å²) in [5, 5.41) is 11.8. The molecule has 108 valence electrons. The Labute approximate surface area is 128 Å². The molecular weight excluding hydrogens is 316 g/mol. The summed E-state index contributed by atoms with van der Waals surface area (Å²) in [7, 11) is 0. The van der Waals surface area contributed by atoms with Crippen molar-refractivity contribution in [2.45, 2.75) is 5.16 Å². The molecule has 21 heavy (non-hydrogen) atoms. The minimum Gasteiger partial charge on any atom is -0.477 e. The molecule has 7 nitrogen and oxygen atoms in total. The highest BCUT2D eigenvalue weighted by molar-refractivity contribution is 7.98. The van der Waals surface area contributed by atoms with Crippen LogP contribution in [0.2, 0.25) is 5.02 Å². The smallest absolute Gasteiger partial charge is 0.354 e. The van der Waals surface area contributed by atoms with Gasteiger partial charge in [-0.25, -0.2) is 19.7 Å². The lowest BCUT2D eigenvalue weighted by molar-refractivity contribution is 0.0690. The molecule has 2 N–H and O–H groups in total. The monoisotopic (exact) mass is 324 g/mol. The molecule has 0 fully saturated rings. The van der Waals surface area contributed by atoms with Crippen LogP contribution in [0.4, 0.5) is 5.69 Å². The topological polar surface area (TPSA) is 105 Å². The van der Waals surface area contributed by atoms with Crippen LogP contribution in [-0.2, 0) is 0 Å². The van der Waals surface area contributed by atoms with E-state index in [-0.39, 0.29) is 16.4 Å². The number of carbonyl (C=O) groups is 2. The molecule has 0 radical (unpaired) electrons. The summed E-state index contributed by atoms with van der Waals surface area (Å²) in [6, 6.07) is 2.71. The summed E-state index contributed by atoms with van der Waals surface area (Å²) in [6.07, 6.45) is 4.37. The van der Waals surface area contributed by atoms with Gasteiger partial charge in [-0.3, -0.25) is 4.79 Å². The molecule has 9 heteroatoms. The van der Waals surface area contributed by atoms with Gasteiger partial charge in [0.1, 0.15) is 5.69 Å². The standard InChI is InChI=1S/C12H9ClN4O3S/c1-21-12-15-5-7(13)9(17-12)10(18)16-6-2-3-8(11(19)20)14-4-6/h2-5H,1H3,(H,16,18)(H,19,20). The molecule has 1 amide bonds. The third kappa shape index (κ3) is 3.67. The largest absolute Gasteiger partial charge is 0.477 e. The fourth-order valence-electron chi connectivity index (χ4n) is 1.39. The predicted molar refractivity (Wildman–Crippen MR) is 78.0 cm³/mol. The van der Waals surface area contributed by atoms with E-state index in [2.05, 4.69) is 20.3 Å². The van der Waals surface area contributed by atoms with E-state index in [0.717, 1.165) is 0 Å². The van der Waals surface area contributed by atoms with Crippen molar-refractivity contribution < 1.29 is 14.7 Å². The Morgan fingerprint density at radius 3 is 2.62 bits per heavy atom. The van der Waals surface area contributed by atoms with Crippen LogP contribution in [0.5, 0.6) is 0 Å². The second-order valence-electron chi connectivity index (χ2n) is 3.74. The number of carbonyl (C=O) groups excluding carboxylic acids is 1. The van der Waals surface area contributed by atoms with E-state index in [0.29, 0.717) is 10.8 Å². The van der Waals surface area contributed by atoms with Gasteiger partial charge in [0.2, 0.25) is 0 Å². The van der Waals surface area contributed by atoms with Crippen LogP contribution in [0.3, 0.4) is 0 Å². The van der Waals surface area contributed by atoms with Gasteiger partial charge in [-0.15, -0.1) is 0 Å². The lowest BCUT2D eigenvalue weighted by atomic mass is 10.3. The zero-order chi connectivity index (χ0) is 15.4. The molecule has 0 aromatic carbocycles. The highest BCUT2D eigenvalue weighted by atomic mass is 35.5. The van der Waals surface area contributed by atoms with Gasteiger partial charge in [-0.2, -0.15) is 0 Å². The molecule has 0 saturated heterocycles. The number of pyridine rings is 1. The van der Waals surface area contributed by atoms with E-state index in [9.17, 15) is 9.59 Å². The van der Waals surface area contributed by atoms with Gasteiger partial charge in [0.15, 0.2) is 10.9 Å². The number of rotatable bonds is 4. The number of carboxylic acids is 1. The summed E-state index contributed by atoms with van der Waals surface area (Å²) in [6.45, 7) is 0. The maximum Gasteiger partial charge on any atom is 0.354 e. The molecule has 0 unspecified atom stereocenters. The molecule has 2 aromatic heterocycles.